The second-order valence-corrected chi connectivity index (χ2v) is 7.97. The lowest BCUT2D eigenvalue weighted by Gasteiger charge is -2.50. The molecule has 108 valence electrons. The van der Waals surface area contributed by atoms with Crippen LogP contribution in [0.15, 0.2) is 0 Å². The summed E-state index contributed by atoms with van der Waals surface area (Å²) in [5.74, 6) is 0.814. The lowest BCUT2D eigenvalue weighted by atomic mass is 9.81. The summed E-state index contributed by atoms with van der Waals surface area (Å²) in [5, 5.41) is 3.71. The Bertz CT molecular complexity index is 252. The van der Waals surface area contributed by atoms with Crippen molar-refractivity contribution in [2.24, 2.45) is 11.3 Å². The number of hydrogen-bond donors (Lipinski definition) is 1. The maximum absolute atomic E-state index is 3.71. The fourth-order valence-corrected chi connectivity index (χ4v) is 3.21. The van der Waals surface area contributed by atoms with Gasteiger partial charge in [-0.05, 0) is 31.6 Å². The zero-order valence-corrected chi connectivity index (χ0v) is 13.6. The van der Waals surface area contributed by atoms with Crippen molar-refractivity contribution in [3.05, 3.63) is 0 Å². The Morgan fingerprint density at radius 1 is 1.33 bits per heavy atom. The Labute approximate surface area is 115 Å². The maximum Gasteiger partial charge on any atom is 0.0270 e. The first-order valence-electron chi connectivity index (χ1n) is 7.65. The van der Waals surface area contributed by atoms with Crippen LogP contribution in [-0.2, 0) is 0 Å². The first-order valence-corrected chi connectivity index (χ1v) is 7.65. The molecule has 0 amide bonds. The molecule has 0 aromatic rings. The van der Waals surface area contributed by atoms with Crippen LogP contribution in [0.5, 0.6) is 0 Å². The molecule has 1 aliphatic rings. The van der Waals surface area contributed by atoms with Gasteiger partial charge < -0.3 is 5.32 Å². The van der Waals surface area contributed by atoms with Crippen LogP contribution in [0, 0.1) is 11.3 Å². The van der Waals surface area contributed by atoms with E-state index in [1.165, 1.54) is 25.9 Å². The number of rotatable bonds is 4. The van der Waals surface area contributed by atoms with Gasteiger partial charge in [0.05, 0.1) is 0 Å². The molecule has 0 spiro atoms. The zero-order valence-electron chi connectivity index (χ0n) is 13.6. The van der Waals surface area contributed by atoms with E-state index in [0.29, 0.717) is 11.5 Å². The van der Waals surface area contributed by atoms with Gasteiger partial charge in [0.25, 0.3) is 0 Å². The topological polar surface area (TPSA) is 15.3 Å². The number of hydrogen-bond acceptors (Lipinski definition) is 2. The molecule has 2 heteroatoms. The van der Waals surface area contributed by atoms with Crippen LogP contribution in [0.25, 0.3) is 0 Å². The fraction of sp³-hybridized carbons (Fsp3) is 1.00. The summed E-state index contributed by atoms with van der Waals surface area (Å²) >= 11 is 0. The molecule has 0 radical (unpaired) electrons. The third-order valence-corrected chi connectivity index (χ3v) is 4.14. The first kappa shape index (κ1) is 16.0. The minimum absolute atomic E-state index is 0.258. The normalized spacial score (nSPS) is 27.2. The van der Waals surface area contributed by atoms with Crippen molar-refractivity contribution in [2.75, 3.05) is 19.6 Å². The number of nitrogens with one attached hydrogen (secondary N) is 1. The van der Waals surface area contributed by atoms with Gasteiger partial charge >= 0.3 is 0 Å². The van der Waals surface area contributed by atoms with Crippen molar-refractivity contribution in [1.82, 2.24) is 10.2 Å². The van der Waals surface area contributed by atoms with Crippen LogP contribution in [0.3, 0.4) is 0 Å². The van der Waals surface area contributed by atoms with Gasteiger partial charge in [0.2, 0.25) is 0 Å². The summed E-state index contributed by atoms with van der Waals surface area (Å²) in [7, 11) is 0. The van der Waals surface area contributed by atoms with Crippen LogP contribution in [0.4, 0.5) is 0 Å². The van der Waals surface area contributed by atoms with Crippen LogP contribution < -0.4 is 5.32 Å². The summed E-state index contributed by atoms with van der Waals surface area (Å²) < 4.78 is 0. The average molecular weight is 254 g/mol. The molecule has 0 aromatic heterocycles. The van der Waals surface area contributed by atoms with Gasteiger partial charge in [-0.1, -0.05) is 41.0 Å². The number of nitrogens with zero attached hydrogens (tertiary/aromatic N) is 1. The van der Waals surface area contributed by atoms with E-state index in [1.54, 1.807) is 0 Å². The minimum atomic E-state index is 0.258. The second kappa shape index (κ2) is 5.92. The van der Waals surface area contributed by atoms with Gasteiger partial charge in [0.1, 0.15) is 0 Å². The quantitative estimate of drug-likeness (QED) is 0.826. The van der Waals surface area contributed by atoms with Gasteiger partial charge in [-0.3, -0.25) is 4.90 Å². The first-order chi connectivity index (χ1) is 8.15. The molecule has 0 aliphatic carbocycles. The number of piperazine rings is 1. The SMILES string of the molecule is CCCC(C)CN1CC(C)(C)NCC1C(C)(C)C. The molecule has 18 heavy (non-hydrogen) atoms. The highest BCUT2D eigenvalue weighted by atomic mass is 15.3. The van der Waals surface area contributed by atoms with Crippen LogP contribution >= 0.6 is 0 Å². The highest BCUT2D eigenvalue weighted by molar-refractivity contribution is 4.96. The van der Waals surface area contributed by atoms with E-state index in [2.05, 4.69) is 58.7 Å². The Balaban J connectivity index is 2.72. The summed E-state index contributed by atoms with van der Waals surface area (Å²) in [6.45, 7) is 20.0. The molecular weight excluding hydrogens is 220 g/mol. The van der Waals surface area contributed by atoms with Crippen LogP contribution in [0.1, 0.15) is 61.3 Å². The molecule has 1 N–H and O–H groups in total. The summed E-state index contributed by atoms with van der Waals surface area (Å²) in [5.41, 5.74) is 0.614. The minimum Gasteiger partial charge on any atom is -0.309 e. The van der Waals surface area contributed by atoms with E-state index in [1.807, 2.05) is 0 Å². The van der Waals surface area contributed by atoms with Crippen molar-refractivity contribution in [3.8, 4) is 0 Å². The molecule has 0 saturated carbocycles. The van der Waals surface area contributed by atoms with Gasteiger partial charge in [-0.25, -0.2) is 0 Å². The third-order valence-electron chi connectivity index (χ3n) is 4.14. The van der Waals surface area contributed by atoms with Gasteiger partial charge in [0.15, 0.2) is 0 Å². The molecule has 1 heterocycles. The van der Waals surface area contributed by atoms with E-state index in [9.17, 15) is 0 Å². The zero-order chi connectivity index (χ0) is 14.0. The van der Waals surface area contributed by atoms with Crippen LogP contribution in [-0.4, -0.2) is 36.1 Å². The van der Waals surface area contributed by atoms with E-state index < -0.39 is 0 Å². The molecule has 2 nitrogen and oxygen atoms in total. The van der Waals surface area contributed by atoms with E-state index in [-0.39, 0.29) is 5.54 Å². The molecule has 0 bridgehead atoms. The predicted octanol–water partition coefficient (Wildman–Crippen LogP) is 3.52. The Kier molecular flexibility index (Phi) is 5.25. The van der Waals surface area contributed by atoms with Crippen molar-refractivity contribution in [2.45, 2.75) is 72.9 Å². The van der Waals surface area contributed by atoms with Crippen molar-refractivity contribution < 1.29 is 0 Å². The molecule has 2 atom stereocenters. The fourth-order valence-electron chi connectivity index (χ4n) is 3.21. The molecule has 0 aromatic carbocycles. The van der Waals surface area contributed by atoms with E-state index in [4.69, 9.17) is 0 Å². The van der Waals surface area contributed by atoms with Gasteiger partial charge in [0, 0.05) is 31.2 Å². The molecule has 1 aliphatic heterocycles. The highest BCUT2D eigenvalue weighted by Crippen LogP contribution is 2.29. The standard InChI is InChI=1S/C16H34N2/c1-8-9-13(2)11-18-12-16(6,7)17-10-14(18)15(3,4)5/h13-14,17H,8-12H2,1-7H3. The maximum atomic E-state index is 3.71. The van der Waals surface area contributed by atoms with E-state index in [0.717, 1.165) is 12.5 Å². The molecular formula is C16H34N2. The second-order valence-electron chi connectivity index (χ2n) is 7.97. The average Bonchev–Trinajstić information content (AvgIpc) is 2.13. The lowest BCUT2D eigenvalue weighted by Crippen LogP contribution is -2.65. The monoisotopic (exact) mass is 254 g/mol. The molecule has 1 rings (SSSR count). The summed E-state index contributed by atoms with van der Waals surface area (Å²) in [6.07, 6.45) is 2.65. The predicted molar refractivity (Wildman–Crippen MR) is 81.0 cm³/mol. The van der Waals surface area contributed by atoms with Crippen LogP contribution in [0.2, 0.25) is 0 Å². The van der Waals surface area contributed by atoms with E-state index >= 15 is 0 Å². The Morgan fingerprint density at radius 2 is 1.94 bits per heavy atom. The lowest BCUT2D eigenvalue weighted by molar-refractivity contribution is 0.0227. The Morgan fingerprint density at radius 3 is 2.44 bits per heavy atom. The summed E-state index contributed by atoms with van der Waals surface area (Å²) in [4.78, 5) is 2.73. The van der Waals surface area contributed by atoms with Gasteiger partial charge in [-0.15, -0.1) is 0 Å². The van der Waals surface area contributed by atoms with Gasteiger partial charge in [-0.2, -0.15) is 0 Å². The van der Waals surface area contributed by atoms with Crippen molar-refractivity contribution in [3.63, 3.8) is 0 Å². The van der Waals surface area contributed by atoms with Crippen molar-refractivity contribution in [1.29, 1.82) is 0 Å². The largest absolute Gasteiger partial charge is 0.309 e. The highest BCUT2D eigenvalue weighted by Gasteiger charge is 2.38. The molecule has 1 saturated heterocycles. The third kappa shape index (κ3) is 4.55. The summed E-state index contributed by atoms with van der Waals surface area (Å²) in [6, 6.07) is 0.657. The molecule has 1 fully saturated rings. The Hall–Kier alpha value is -0.0800. The molecule has 2 unspecified atom stereocenters. The smallest absolute Gasteiger partial charge is 0.0270 e. The van der Waals surface area contributed by atoms with Crippen molar-refractivity contribution >= 4 is 0 Å².